The van der Waals surface area contributed by atoms with E-state index in [1.807, 2.05) is 0 Å². The van der Waals surface area contributed by atoms with Crippen LogP contribution in [0.5, 0.6) is 0 Å². The summed E-state index contributed by atoms with van der Waals surface area (Å²) >= 11 is 0. The molecule has 3 amide bonds. The van der Waals surface area contributed by atoms with Gasteiger partial charge in [-0.05, 0) is 43.6 Å². The van der Waals surface area contributed by atoms with Gasteiger partial charge in [0.25, 0.3) is 0 Å². The number of carbonyl (C=O) groups excluding carboxylic acids is 2. The zero-order valence-corrected chi connectivity index (χ0v) is 14.1. The highest BCUT2D eigenvalue weighted by molar-refractivity contribution is 5.95. The van der Waals surface area contributed by atoms with Gasteiger partial charge in [-0.15, -0.1) is 0 Å². The summed E-state index contributed by atoms with van der Waals surface area (Å²) < 4.78 is 0. The zero-order chi connectivity index (χ0) is 15.9. The number of nitrogens with zero attached hydrogens (tertiary/aromatic N) is 1. The Hall–Kier alpha value is -1.10. The second-order valence-electron chi connectivity index (χ2n) is 7.32. The van der Waals surface area contributed by atoms with Crippen molar-refractivity contribution in [2.24, 2.45) is 17.8 Å². The second kappa shape index (κ2) is 8.51. The Morgan fingerprint density at radius 3 is 2.59 bits per heavy atom. The van der Waals surface area contributed by atoms with E-state index in [9.17, 15) is 9.59 Å². The summed E-state index contributed by atoms with van der Waals surface area (Å²) in [4.78, 5) is 25.8. The average molecular weight is 309 g/mol. The Morgan fingerprint density at radius 2 is 1.86 bits per heavy atom. The standard InChI is InChI=1S/C17H31N3O2/c1-13(2)7-9-18-17(22)19-16(21)12-20-10-8-14-5-3-4-6-15(14)11-20/h13-15H,3-12H2,1-2H3,(H2,18,19,21,22)/t14-,15-/m1/s1. The summed E-state index contributed by atoms with van der Waals surface area (Å²) in [6.07, 6.45) is 7.51. The number of rotatable bonds is 5. The molecule has 5 nitrogen and oxygen atoms in total. The maximum absolute atomic E-state index is 12.0. The largest absolute Gasteiger partial charge is 0.338 e. The predicted molar refractivity (Wildman–Crippen MR) is 87.5 cm³/mol. The van der Waals surface area contributed by atoms with Gasteiger partial charge >= 0.3 is 6.03 Å². The normalized spacial score (nSPS) is 25.6. The van der Waals surface area contributed by atoms with Crippen molar-refractivity contribution in [3.8, 4) is 0 Å². The lowest BCUT2D eigenvalue weighted by atomic mass is 9.75. The molecule has 2 N–H and O–H groups in total. The molecule has 1 saturated carbocycles. The Morgan fingerprint density at radius 1 is 1.14 bits per heavy atom. The summed E-state index contributed by atoms with van der Waals surface area (Å²) in [5, 5.41) is 5.18. The molecule has 0 radical (unpaired) electrons. The second-order valence-corrected chi connectivity index (χ2v) is 7.32. The van der Waals surface area contributed by atoms with Gasteiger partial charge in [0, 0.05) is 13.1 Å². The molecule has 1 aliphatic heterocycles. The number of urea groups is 1. The molecule has 2 fully saturated rings. The van der Waals surface area contributed by atoms with Crippen LogP contribution in [0, 0.1) is 17.8 Å². The minimum absolute atomic E-state index is 0.184. The van der Waals surface area contributed by atoms with Crippen LogP contribution in [-0.4, -0.2) is 43.0 Å². The first-order chi connectivity index (χ1) is 10.5. The molecule has 2 rings (SSSR count). The van der Waals surface area contributed by atoms with E-state index < -0.39 is 0 Å². The van der Waals surface area contributed by atoms with Crippen molar-refractivity contribution in [2.45, 2.75) is 52.4 Å². The van der Waals surface area contributed by atoms with Crippen LogP contribution < -0.4 is 10.6 Å². The molecular formula is C17H31N3O2. The van der Waals surface area contributed by atoms with E-state index in [1.54, 1.807) is 0 Å². The molecule has 1 saturated heterocycles. The van der Waals surface area contributed by atoms with Gasteiger partial charge in [0.2, 0.25) is 5.91 Å². The Labute approximate surface area is 134 Å². The van der Waals surface area contributed by atoms with Gasteiger partial charge in [-0.1, -0.05) is 33.1 Å². The zero-order valence-electron chi connectivity index (χ0n) is 14.1. The molecule has 1 aliphatic carbocycles. The Bertz CT molecular complexity index is 384. The van der Waals surface area contributed by atoms with Gasteiger partial charge in [0.15, 0.2) is 0 Å². The van der Waals surface area contributed by atoms with Gasteiger partial charge in [0.1, 0.15) is 0 Å². The molecule has 2 atom stereocenters. The Kier molecular flexibility index (Phi) is 6.68. The molecular weight excluding hydrogens is 278 g/mol. The third-order valence-corrected chi connectivity index (χ3v) is 5.00. The molecule has 126 valence electrons. The van der Waals surface area contributed by atoms with Gasteiger partial charge in [-0.2, -0.15) is 0 Å². The number of piperidine rings is 1. The Balaban J connectivity index is 1.65. The van der Waals surface area contributed by atoms with Crippen molar-refractivity contribution >= 4 is 11.9 Å². The lowest BCUT2D eigenvalue weighted by molar-refractivity contribution is -0.121. The van der Waals surface area contributed by atoms with Crippen LogP contribution in [0.3, 0.4) is 0 Å². The fourth-order valence-corrected chi connectivity index (χ4v) is 3.71. The molecule has 0 aromatic heterocycles. The van der Waals surface area contributed by atoms with Crippen molar-refractivity contribution < 1.29 is 9.59 Å². The van der Waals surface area contributed by atoms with Crippen molar-refractivity contribution in [1.29, 1.82) is 0 Å². The third-order valence-electron chi connectivity index (χ3n) is 5.00. The maximum atomic E-state index is 12.0. The molecule has 0 aromatic rings. The van der Waals surface area contributed by atoms with Crippen molar-refractivity contribution in [2.75, 3.05) is 26.2 Å². The minimum Gasteiger partial charge on any atom is -0.338 e. The lowest BCUT2D eigenvalue weighted by Gasteiger charge is -2.41. The monoisotopic (exact) mass is 309 g/mol. The lowest BCUT2D eigenvalue weighted by Crippen LogP contribution is -2.48. The number of fused-ring (bicyclic) bond motifs is 1. The fraction of sp³-hybridized carbons (Fsp3) is 0.882. The number of hydrogen-bond donors (Lipinski definition) is 2. The van der Waals surface area contributed by atoms with Crippen molar-refractivity contribution in [3.05, 3.63) is 0 Å². The molecule has 22 heavy (non-hydrogen) atoms. The maximum Gasteiger partial charge on any atom is 0.321 e. The highest BCUT2D eigenvalue weighted by atomic mass is 16.2. The summed E-state index contributed by atoms with van der Waals surface area (Å²) in [6.45, 7) is 7.20. The number of amides is 3. The van der Waals surface area contributed by atoms with Gasteiger partial charge in [-0.25, -0.2) is 4.79 Å². The first-order valence-electron chi connectivity index (χ1n) is 8.84. The van der Waals surface area contributed by atoms with E-state index >= 15 is 0 Å². The fourth-order valence-electron chi connectivity index (χ4n) is 3.71. The highest BCUT2D eigenvalue weighted by Crippen LogP contribution is 2.35. The molecule has 0 aromatic carbocycles. The van der Waals surface area contributed by atoms with E-state index in [1.165, 1.54) is 32.1 Å². The van der Waals surface area contributed by atoms with Crippen LogP contribution in [0.1, 0.15) is 52.4 Å². The van der Waals surface area contributed by atoms with Crippen LogP contribution >= 0.6 is 0 Å². The minimum atomic E-state index is -0.363. The van der Waals surface area contributed by atoms with Gasteiger partial charge in [0.05, 0.1) is 6.54 Å². The van der Waals surface area contributed by atoms with Gasteiger partial charge < -0.3 is 5.32 Å². The number of likely N-dealkylation sites (tertiary alicyclic amines) is 1. The van der Waals surface area contributed by atoms with Crippen LogP contribution in [0.25, 0.3) is 0 Å². The average Bonchev–Trinajstić information content (AvgIpc) is 2.46. The van der Waals surface area contributed by atoms with Crippen LogP contribution in [0.15, 0.2) is 0 Å². The van der Waals surface area contributed by atoms with Gasteiger partial charge in [-0.3, -0.25) is 15.0 Å². The first kappa shape index (κ1) is 17.3. The summed E-state index contributed by atoms with van der Waals surface area (Å²) in [6, 6.07) is -0.363. The van der Waals surface area contributed by atoms with Crippen molar-refractivity contribution in [3.63, 3.8) is 0 Å². The number of hydrogen-bond acceptors (Lipinski definition) is 3. The first-order valence-corrected chi connectivity index (χ1v) is 8.84. The van der Waals surface area contributed by atoms with E-state index in [-0.39, 0.29) is 11.9 Å². The third kappa shape index (κ3) is 5.59. The number of nitrogens with one attached hydrogen (secondary N) is 2. The number of carbonyl (C=O) groups is 2. The van der Waals surface area contributed by atoms with E-state index in [0.29, 0.717) is 19.0 Å². The quantitative estimate of drug-likeness (QED) is 0.819. The molecule has 1 heterocycles. The van der Waals surface area contributed by atoms with E-state index in [0.717, 1.165) is 31.3 Å². The summed E-state index contributed by atoms with van der Waals surface area (Å²) in [7, 11) is 0. The SMILES string of the molecule is CC(C)CCNC(=O)NC(=O)CN1CC[C@H]2CCCC[C@@H]2C1. The molecule has 0 spiro atoms. The summed E-state index contributed by atoms with van der Waals surface area (Å²) in [5.74, 6) is 1.99. The smallest absolute Gasteiger partial charge is 0.321 e. The summed E-state index contributed by atoms with van der Waals surface area (Å²) in [5.41, 5.74) is 0. The number of imide groups is 1. The highest BCUT2D eigenvalue weighted by Gasteiger charge is 2.31. The van der Waals surface area contributed by atoms with E-state index in [2.05, 4.69) is 29.4 Å². The topological polar surface area (TPSA) is 61.4 Å². The molecule has 0 unspecified atom stereocenters. The van der Waals surface area contributed by atoms with Crippen LogP contribution in [-0.2, 0) is 4.79 Å². The van der Waals surface area contributed by atoms with E-state index in [4.69, 9.17) is 0 Å². The molecule has 0 bridgehead atoms. The van der Waals surface area contributed by atoms with Crippen molar-refractivity contribution in [1.82, 2.24) is 15.5 Å². The van der Waals surface area contributed by atoms with Crippen LogP contribution in [0.2, 0.25) is 0 Å². The molecule has 5 heteroatoms. The van der Waals surface area contributed by atoms with Crippen LogP contribution in [0.4, 0.5) is 4.79 Å². The predicted octanol–water partition coefficient (Wildman–Crippen LogP) is 2.37. The molecule has 2 aliphatic rings.